The van der Waals surface area contributed by atoms with Crippen LogP contribution in [0.25, 0.3) is 0 Å². The predicted molar refractivity (Wildman–Crippen MR) is 91.8 cm³/mol. The molecule has 0 heterocycles. The molecule has 0 fully saturated rings. The number of hydrogen-bond acceptors (Lipinski definition) is 0. The van der Waals surface area contributed by atoms with Gasteiger partial charge in [0.1, 0.15) is 0 Å². The molecule has 1 aliphatic rings. The Hall–Kier alpha value is 0.281. The average molecular weight is 324 g/mol. The second-order valence-corrected chi connectivity index (χ2v) is 8.32. The second kappa shape index (κ2) is 10.1. The van der Waals surface area contributed by atoms with E-state index in [1.54, 1.807) is 22.3 Å². The summed E-state index contributed by atoms with van der Waals surface area (Å²) in [4.78, 5) is 0. The molecule has 112 valence electrons. The minimum Gasteiger partial charge on any atom is -0.358 e. The Balaban J connectivity index is -0.000000722. The van der Waals surface area contributed by atoms with Crippen LogP contribution in [-0.4, -0.2) is 9.52 Å². The topological polar surface area (TPSA) is 0 Å². The molecule has 0 nitrogen and oxygen atoms in total. The van der Waals surface area contributed by atoms with Crippen LogP contribution < -0.4 is 0 Å². The quantitative estimate of drug-likeness (QED) is 0.507. The van der Waals surface area contributed by atoms with Crippen molar-refractivity contribution in [2.45, 2.75) is 64.5 Å². The van der Waals surface area contributed by atoms with Crippen molar-refractivity contribution >= 4 is 9.52 Å². The fraction of sp³-hybridized carbons (Fsp3) is 0.556. The van der Waals surface area contributed by atoms with E-state index < -0.39 is 0 Å². The first kappa shape index (κ1) is 25.2. The summed E-state index contributed by atoms with van der Waals surface area (Å²) in [5.41, 5.74) is 6.61. The van der Waals surface area contributed by atoms with E-state index in [-0.39, 0.29) is 44.0 Å². The summed E-state index contributed by atoms with van der Waals surface area (Å²) >= 11 is 0. The average Bonchev–Trinajstić information content (AvgIpc) is 2.53. The molecule has 0 bridgehead atoms. The van der Waals surface area contributed by atoms with Gasteiger partial charge in [-0.2, -0.15) is 22.3 Å². The molecule has 0 saturated heterocycles. The number of aryl methyl sites for hydroxylation is 1. The van der Waals surface area contributed by atoms with Gasteiger partial charge < -0.3 is 22.3 Å². The summed E-state index contributed by atoms with van der Waals surface area (Å²) in [6.45, 7) is 9.39. The third-order valence-corrected chi connectivity index (χ3v) is 5.22. The van der Waals surface area contributed by atoms with Gasteiger partial charge in [0.2, 0.25) is 0 Å². The molecule has 0 N–H and O–H groups in total. The maximum Gasteiger partial charge on any atom is 4.00 e. The smallest absolute Gasteiger partial charge is 0.358 e. The molecule has 0 unspecified atom stereocenters. The standard InChI is InChI=1S/C15H23Si.3CH3.Ti/c1-11-13(10-16-15(2,3)4)9-12-7-5-6-8-14(11)12;;;;/h9H,5-8,10H2,1-4H3;3*1H3;/q4*-1;+4. The van der Waals surface area contributed by atoms with E-state index in [4.69, 9.17) is 0 Å². The van der Waals surface area contributed by atoms with Gasteiger partial charge in [-0.05, 0) is 5.04 Å². The van der Waals surface area contributed by atoms with Crippen LogP contribution >= 0.6 is 0 Å². The largest absolute Gasteiger partial charge is 4.00 e. The molecule has 0 spiro atoms. The Morgan fingerprint density at radius 2 is 1.65 bits per heavy atom. The predicted octanol–water partition coefficient (Wildman–Crippen LogP) is 5.36. The molecule has 0 saturated carbocycles. The van der Waals surface area contributed by atoms with Crippen molar-refractivity contribution in [3.63, 3.8) is 0 Å². The van der Waals surface area contributed by atoms with Gasteiger partial charge in [0.25, 0.3) is 0 Å². The maximum atomic E-state index is 2.50. The van der Waals surface area contributed by atoms with Crippen LogP contribution in [0.3, 0.4) is 0 Å². The summed E-state index contributed by atoms with van der Waals surface area (Å²) in [6, 6.07) is 3.80. The number of rotatable bonds is 2. The first-order valence-electron chi connectivity index (χ1n) is 6.49. The van der Waals surface area contributed by atoms with Crippen molar-refractivity contribution in [2.24, 2.45) is 0 Å². The molecule has 1 aliphatic carbocycles. The summed E-state index contributed by atoms with van der Waals surface area (Å²) in [6.07, 6.45) is 5.46. The third kappa shape index (κ3) is 6.37. The zero-order valence-electron chi connectivity index (χ0n) is 14.6. The molecular formula is C18H32SiTi. The van der Waals surface area contributed by atoms with Gasteiger partial charge in [-0.15, -0.1) is 0 Å². The molecular weight excluding hydrogens is 292 g/mol. The minimum absolute atomic E-state index is 0. The van der Waals surface area contributed by atoms with Crippen LogP contribution in [0.1, 0.15) is 55.9 Å². The van der Waals surface area contributed by atoms with E-state index in [0.29, 0.717) is 5.04 Å². The first-order valence-corrected chi connectivity index (χ1v) is 7.70. The van der Waals surface area contributed by atoms with Crippen LogP contribution in [0.5, 0.6) is 0 Å². The van der Waals surface area contributed by atoms with Crippen molar-refractivity contribution in [1.82, 2.24) is 0 Å². The second-order valence-electron chi connectivity index (χ2n) is 6.11. The number of hydrogen-bond donors (Lipinski definition) is 0. The van der Waals surface area contributed by atoms with Gasteiger partial charge >= 0.3 is 21.7 Å². The van der Waals surface area contributed by atoms with Gasteiger partial charge in [-0.25, -0.2) is 6.07 Å². The monoisotopic (exact) mass is 324 g/mol. The molecule has 20 heavy (non-hydrogen) atoms. The Bertz CT molecular complexity index is 372. The Morgan fingerprint density at radius 3 is 2.15 bits per heavy atom. The number of fused-ring (bicyclic) bond motifs is 1. The molecule has 0 atom stereocenters. The zero-order chi connectivity index (χ0) is 11.8. The van der Waals surface area contributed by atoms with Crippen molar-refractivity contribution in [2.75, 3.05) is 0 Å². The van der Waals surface area contributed by atoms with E-state index in [0.717, 1.165) is 9.52 Å². The van der Waals surface area contributed by atoms with Crippen molar-refractivity contribution in [3.05, 3.63) is 50.6 Å². The first-order chi connectivity index (χ1) is 7.47. The molecule has 0 aliphatic heterocycles. The van der Waals surface area contributed by atoms with Gasteiger partial charge in [-0.1, -0.05) is 59.4 Å². The van der Waals surface area contributed by atoms with Gasteiger partial charge in [0, 0.05) is 9.52 Å². The van der Waals surface area contributed by atoms with Crippen LogP contribution in [0.15, 0.2) is 6.07 Å². The molecule has 2 rings (SSSR count). The summed E-state index contributed by atoms with van der Waals surface area (Å²) in [5, 5.41) is 0.490. The molecule has 0 amide bonds. The Morgan fingerprint density at radius 1 is 1.10 bits per heavy atom. The normalized spacial score (nSPS) is 13.0. The van der Waals surface area contributed by atoms with Gasteiger partial charge in [-0.3, -0.25) is 0 Å². The fourth-order valence-electron chi connectivity index (χ4n) is 2.57. The molecule has 2 radical (unpaired) electrons. The molecule has 2 heteroatoms. The SMILES string of the molecule is C[c-]1c(C[Si]C(C)(C)C)cc2c1CCCC2.[CH3-].[CH3-].[CH3-].[Ti+4]. The van der Waals surface area contributed by atoms with E-state index in [1.165, 1.54) is 31.7 Å². The zero-order valence-corrected chi connectivity index (χ0v) is 17.2. The third-order valence-electron chi connectivity index (χ3n) is 3.60. The van der Waals surface area contributed by atoms with E-state index >= 15 is 0 Å². The van der Waals surface area contributed by atoms with Gasteiger partial charge in [0.15, 0.2) is 0 Å². The minimum atomic E-state index is 0. The van der Waals surface area contributed by atoms with Crippen LogP contribution in [0.4, 0.5) is 0 Å². The van der Waals surface area contributed by atoms with E-state index in [9.17, 15) is 0 Å². The molecule has 1 aromatic carbocycles. The molecule has 0 aromatic heterocycles. The van der Waals surface area contributed by atoms with E-state index in [1.807, 2.05) is 0 Å². The summed E-state index contributed by atoms with van der Waals surface area (Å²) in [7, 11) is 1.05. The summed E-state index contributed by atoms with van der Waals surface area (Å²) in [5.74, 6) is 0. The van der Waals surface area contributed by atoms with Crippen molar-refractivity contribution in [1.29, 1.82) is 0 Å². The Labute approximate surface area is 146 Å². The van der Waals surface area contributed by atoms with Crippen molar-refractivity contribution in [3.8, 4) is 0 Å². The summed E-state index contributed by atoms with van der Waals surface area (Å²) < 4.78 is 0. The van der Waals surface area contributed by atoms with E-state index in [2.05, 4.69) is 33.8 Å². The van der Waals surface area contributed by atoms with Crippen LogP contribution in [-0.2, 0) is 40.6 Å². The van der Waals surface area contributed by atoms with Gasteiger partial charge in [0.05, 0.1) is 0 Å². The molecule has 1 aromatic rings. The Kier molecular flexibility index (Phi) is 12.7. The van der Waals surface area contributed by atoms with Crippen LogP contribution in [0, 0.1) is 29.2 Å². The van der Waals surface area contributed by atoms with Crippen molar-refractivity contribution < 1.29 is 21.7 Å². The van der Waals surface area contributed by atoms with Crippen LogP contribution in [0.2, 0.25) is 5.04 Å². The fourth-order valence-corrected chi connectivity index (χ4v) is 3.66. The maximum absolute atomic E-state index is 2.50.